The second-order valence-corrected chi connectivity index (χ2v) is 4.79. The number of benzene rings is 1. The van der Waals surface area contributed by atoms with Gasteiger partial charge in [-0.25, -0.2) is 0 Å². The van der Waals surface area contributed by atoms with Crippen LogP contribution in [0.25, 0.3) is 0 Å². The first kappa shape index (κ1) is 12.2. The molecule has 1 fully saturated rings. The Labute approximate surface area is 104 Å². The van der Waals surface area contributed by atoms with E-state index in [9.17, 15) is 0 Å². The predicted molar refractivity (Wildman–Crippen MR) is 72.0 cm³/mol. The van der Waals surface area contributed by atoms with Crippen molar-refractivity contribution < 1.29 is 4.74 Å². The van der Waals surface area contributed by atoms with Gasteiger partial charge in [-0.15, -0.1) is 0 Å². The van der Waals surface area contributed by atoms with Gasteiger partial charge in [-0.2, -0.15) is 0 Å². The molecule has 2 rings (SSSR count). The number of likely N-dealkylation sites (tertiary alicyclic amines) is 1. The highest BCUT2D eigenvalue weighted by Crippen LogP contribution is 2.33. The van der Waals surface area contributed by atoms with Crippen LogP contribution in [0.5, 0.6) is 5.75 Å². The first-order chi connectivity index (χ1) is 8.24. The van der Waals surface area contributed by atoms with Crippen molar-refractivity contribution in [1.29, 1.82) is 0 Å². The number of nitrogens with one attached hydrogen (secondary N) is 1. The molecule has 17 heavy (non-hydrogen) atoms. The third-order valence-corrected chi connectivity index (χ3v) is 3.68. The average molecular weight is 234 g/mol. The van der Waals surface area contributed by atoms with Gasteiger partial charge in [0.05, 0.1) is 12.8 Å². The summed E-state index contributed by atoms with van der Waals surface area (Å²) in [6, 6.07) is 6.53. The Bertz CT molecular complexity index is 370. The van der Waals surface area contributed by atoms with E-state index in [-0.39, 0.29) is 0 Å². The number of methoxy groups -OCH3 is 1. The highest BCUT2D eigenvalue weighted by molar-refractivity contribution is 5.57. The summed E-state index contributed by atoms with van der Waals surface area (Å²) in [5, 5.41) is 3.15. The van der Waals surface area contributed by atoms with Gasteiger partial charge in [0.15, 0.2) is 0 Å². The minimum Gasteiger partial charge on any atom is -0.495 e. The lowest BCUT2D eigenvalue weighted by Crippen LogP contribution is -2.29. The number of anilines is 1. The molecule has 3 nitrogen and oxygen atoms in total. The van der Waals surface area contributed by atoms with E-state index in [0.717, 1.165) is 11.4 Å². The molecule has 0 saturated carbocycles. The molecule has 0 spiro atoms. The molecule has 0 unspecified atom stereocenters. The van der Waals surface area contributed by atoms with E-state index < -0.39 is 0 Å². The van der Waals surface area contributed by atoms with E-state index in [1.165, 1.54) is 31.5 Å². The van der Waals surface area contributed by atoms with Crippen LogP contribution in [-0.4, -0.2) is 39.2 Å². The standard InChI is InChI=1S/C14H22N2O/c1-15-13-5-4-12(10-14(13)17-3)11-6-8-16(2)9-7-11/h4-5,10-11,15H,6-9H2,1-3H3. The molecule has 0 aliphatic carbocycles. The lowest BCUT2D eigenvalue weighted by molar-refractivity contribution is 0.255. The molecule has 94 valence electrons. The Kier molecular flexibility index (Phi) is 3.89. The molecular weight excluding hydrogens is 212 g/mol. The van der Waals surface area contributed by atoms with Crippen LogP contribution in [0.1, 0.15) is 24.3 Å². The maximum atomic E-state index is 5.42. The van der Waals surface area contributed by atoms with Gasteiger partial charge in [0.2, 0.25) is 0 Å². The number of hydrogen-bond donors (Lipinski definition) is 1. The Morgan fingerprint density at radius 3 is 2.59 bits per heavy atom. The molecule has 1 saturated heterocycles. The molecule has 0 aromatic heterocycles. The molecule has 1 aromatic carbocycles. The van der Waals surface area contributed by atoms with Gasteiger partial charge < -0.3 is 15.0 Å². The van der Waals surface area contributed by atoms with E-state index in [1.54, 1.807) is 7.11 Å². The molecule has 1 heterocycles. The van der Waals surface area contributed by atoms with Crippen LogP contribution in [0.2, 0.25) is 0 Å². The fourth-order valence-electron chi connectivity index (χ4n) is 2.51. The lowest BCUT2D eigenvalue weighted by Gasteiger charge is -2.29. The van der Waals surface area contributed by atoms with Crippen molar-refractivity contribution in [2.24, 2.45) is 0 Å². The number of hydrogen-bond acceptors (Lipinski definition) is 3. The zero-order valence-corrected chi connectivity index (χ0v) is 11.0. The zero-order chi connectivity index (χ0) is 12.3. The maximum Gasteiger partial charge on any atom is 0.142 e. The summed E-state index contributed by atoms with van der Waals surface area (Å²) >= 11 is 0. The highest BCUT2D eigenvalue weighted by Gasteiger charge is 2.19. The Balaban J connectivity index is 2.16. The minimum atomic E-state index is 0.686. The predicted octanol–water partition coefficient (Wildman–Crippen LogP) is 2.55. The van der Waals surface area contributed by atoms with Crippen molar-refractivity contribution >= 4 is 5.69 Å². The molecule has 0 radical (unpaired) electrons. The van der Waals surface area contributed by atoms with Gasteiger partial charge >= 0.3 is 0 Å². The Morgan fingerprint density at radius 1 is 1.29 bits per heavy atom. The van der Waals surface area contributed by atoms with Crippen molar-refractivity contribution in [3.63, 3.8) is 0 Å². The van der Waals surface area contributed by atoms with Gasteiger partial charge in [0, 0.05) is 7.05 Å². The second kappa shape index (κ2) is 5.41. The van der Waals surface area contributed by atoms with E-state index in [0.29, 0.717) is 5.92 Å². The molecule has 0 atom stereocenters. The van der Waals surface area contributed by atoms with Gasteiger partial charge in [-0.1, -0.05) is 6.07 Å². The maximum absolute atomic E-state index is 5.42. The normalized spacial score (nSPS) is 18.1. The fourth-order valence-corrected chi connectivity index (χ4v) is 2.51. The first-order valence-electron chi connectivity index (χ1n) is 6.29. The van der Waals surface area contributed by atoms with E-state index >= 15 is 0 Å². The molecular formula is C14H22N2O. The van der Waals surface area contributed by atoms with Gasteiger partial charge in [0.25, 0.3) is 0 Å². The van der Waals surface area contributed by atoms with Crippen molar-refractivity contribution in [3.8, 4) is 5.75 Å². The number of piperidine rings is 1. The summed E-state index contributed by atoms with van der Waals surface area (Å²) in [5.41, 5.74) is 2.47. The van der Waals surface area contributed by atoms with E-state index in [4.69, 9.17) is 4.74 Å². The topological polar surface area (TPSA) is 24.5 Å². The van der Waals surface area contributed by atoms with Crippen LogP contribution in [0.15, 0.2) is 18.2 Å². The zero-order valence-electron chi connectivity index (χ0n) is 11.0. The largest absolute Gasteiger partial charge is 0.495 e. The second-order valence-electron chi connectivity index (χ2n) is 4.79. The summed E-state index contributed by atoms with van der Waals surface area (Å²) in [4.78, 5) is 2.40. The molecule has 1 aliphatic heterocycles. The molecule has 1 aliphatic rings. The summed E-state index contributed by atoms with van der Waals surface area (Å²) in [6.07, 6.45) is 2.50. The van der Waals surface area contributed by atoms with Crippen LogP contribution in [0.4, 0.5) is 5.69 Å². The summed E-state index contributed by atoms with van der Waals surface area (Å²) in [6.45, 7) is 2.39. The van der Waals surface area contributed by atoms with Crippen molar-refractivity contribution in [1.82, 2.24) is 4.90 Å². The highest BCUT2D eigenvalue weighted by atomic mass is 16.5. The van der Waals surface area contributed by atoms with Crippen LogP contribution >= 0.6 is 0 Å². The minimum absolute atomic E-state index is 0.686. The van der Waals surface area contributed by atoms with Crippen LogP contribution in [0, 0.1) is 0 Å². The van der Waals surface area contributed by atoms with Crippen molar-refractivity contribution in [3.05, 3.63) is 23.8 Å². The van der Waals surface area contributed by atoms with Crippen LogP contribution < -0.4 is 10.1 Å². The summed E-state index contributed by atoms with van der Waals surface area (Å²) in [5.74, 6) is 1.63. The van der Waals surface area contributed by atoms with Crippen molar-refractivity contribution in [2.75, 3.05) is 39.6 Å². The Hall–Kier alpha value is -1.22. The molecule has 0 amide bonds. The van der Waals surface area contributed by atoms with Gasteiger partial charge in [0.1, 0.15) is 5.75 Å². The SMILES string of the molecule is CNc1ccc(C2CCN(C)CC2)cc1OC. The van der Waals surface area contributed by atoms with E-state index in [1.807, 2.05) is 7.05 Å². The third kappa shape index (κ3) is 2.72. The third-order valence-electron chi connectivity index (χ3n) is 3.68. The first-order valence-corrected chi connectivity index (χ1v) is 6.29. The number of rotatable bonds is 3. The lowest BCUT2D eigenvalue weighted by atomic mass is 9.89. The van der Waals surface area contributed by atoms with Crippen LogP contribution in [-0.2, 0) is 0 Å². The number of ether oxygens (including phenoxy) is 1. The molecule has 1 N–H and O–H groups in total. The molecule has 1 aromatic rings. The van der Waals surface area contributed by atoms with Crippen molar-refractivity contribution in [2.45, 2.75) is 18.8 Å². The quantitative estimate of drug-likeness (QED) is 0.870. The van der Waals surface area contributed by atoms with Gasteiger partial charge in [-0.05, 0) is 56.6 Å². The molecule has 3 heteroatoms. The van der Waals surface area contributed by atoms with E-state index in [2.05, 4.69) is 35.5 Å². The summed E-state index contributed by atoms with van der Waals surface area (Å²) in [7, 11) is 5.85. The number of nitrogens with zero attached hydrogens (tertiary/aromatic N) is 1. The monoisotopic (exact) mass is 234 g/mol. The summed E-state index contributed by atoms with van der Waals surface area (Å²) < 4.78 is 5.42. The fraction of sp³-hybridized carbons (Fsp3) is 0.571. The Morgan fingerprint density at radius 2 is 2.00 bits per heavy atom. The molecule has 0 bridgehead atoms. The smallest absolute Gasteiger partial charge is 0.142 e. The van der Waals surface area contributed by atoms with Gasteiger partial charge in [-0.3, -0.25) is 0 Å². The van der Waals surface area contributed by atoms with Crippen LogP contribution in [0.3, 0.4) is 0 Å². The average Bonchev–Trinajstić information content (AvgIpc) is 2.39.